The highest BCUT2D eigenvalue weighted by atomic mass is 16.2. The normalized spacial score (nSPS) is 9.50. The molecule has 0 unspecified atom stereocenters. The average molecular weight is 170 g/mol. The Morgan fingerprint density at radius 1 is 1.58 bits per heavy atom. The van der Waals surface area contributed by atoms with E-state index in [1.54, 1.807) is 19.0 Å². The lowest BCUT2D eigenvalue weighted by molar-refractivity contribution is -0.127. The van der Waals surface area contributed by atoms with Gasteiger partial charge in [0.2, 0.25) is 5.91 Å². The van der Waals surface area contributed by atoms with Crippen LogP contribution in [0.5, 0.6) is 0 Å². The standard InChI is InChI=1S/C9H18N2O/c1-4-5-6-7-10-8-9(12)11(2)3/h4,10H,1,5-8H2,2-3H3. The lowest BCUT2D eigenvalue weighted by atomic mass is 10.3. The van der Waals surface area contributed by atoms with Crippen LogP contribution in [0.2, 0.25) is 0 Å². The Bertz CT molecular complexity index is 143. The summed E-state index contributed by atoms with van der Waals surface area (Å²) in [7, 11) is 3.52. The van der Waals surface area contributed by atoms with Crippen LogP contribution >= 0.6 is 0 Å². The summed E-state index contributed by atoms with van der Waals surface area (Å²) < 4.78 is 0. The van der Waals surface area contributed by atoms with Crippen molar-refractivity contribution < 1.29 is 4.79 Å². The molecule has 3 nitrogen and oxygen atoms in total. The number of allylic oxidation sites excluding steroid dienone is 1. The molecule has 0 aliphatic carbocycles. The largest absolute Gasteiger partial charge is 0.348 e. The maximum atomic E-state index is 11.0. The number of nitrogens with zero attached hydrogens (tertiary/aromatic N) is 1. The van der Waals surface area contributed by atoms with Crippen molar-refractivity contribution >= 4 is 5.91 Å². The van der Waals surface area contributed by atoms with E-state index in [-0.39, 0.29) is 5.91 Å². The first-order valence-corrected chi connectivity index (χ1v) is 4.20. The number of hydrogen-bond acceptors (Lipinski definition) is 2. The van der Waals surface area contributed by atoms with Crippen LogP contribution in [-0.2, 0) is 4.79 Å². The van der Waals surface area contributed by atoms with Crippen LogP contribution in [0.3, 0.4) is 0 Å². The lowest BCUT2D eigenvalue weighted by Crippen LogP contribution is -2.33. The van der Waals surface area contributed by atoms with E-state index < -0.39 is 0 Å². The fourth-order valence-corrected chi connectivity index (χ4v) is 0.725. The van der Waals surface area contributed by atoms with Gasteiger partial charge in [-0.1, -0.05) is 6.08 Å². The Balaban J connectivity index is 3.19. The number of hydrogen-bond donors (Lipinski definition) is 1. The van der Waals surface area contributed by atoms with E-state index in [0.717, 1.165) is 19.4 Å². The molecule has 0 aliphatic heterocycles. The van der Waals surface area contributed by atoms with Crippen LogP contribution in [-0.4, -0.2) is 38.0 Å². The van der Waals surface area contributed by atoms with Gasteiger partial charge in [0.15, 0.2) is 0 Å². The Morgan fingerprint density at radius 3 is 2.75 bits per heavy atom. The van der Waals surface area contributed by atoms with E-state index >= 15 is 0 Å². The first kappa shape index (κ1) is 11.2. The summed E-state index contributed by atoms with van der Waals surface area (Å²) in [5.74, 6) is 0.119. The Morgan fingerprint density at radius 2 is 2.25 bits per heavy atom. The van der Waals surface area contributed by atoms with E-state index in [2.05, 4.69) is 11.9 Å². The summed E-state index contributed by atoms with van der Waals surface area (Å²) in [4.78, 5) is 12.6. The van der Waals surface area contributed by atoms with Gasteiger partial charge in [-0.2, -0.15) is 0 Å². The minimum Gasteiger partial charge on any atom is -0.348 e. The molecule has 0 aromatic heterocycles. The van der Waals surface area contributed by atoms with Crippen molar-refractivity contribution in [2.24, 2.45) is 0 Å². The highest BCUT2D eigenvalue weighted by Crippen LogP contribution is 1.85. The van der Waals surface area contributed by atoms with Crippen LogP contribution in [0, 0.1) is 0 Å². The third-order valence-electron chi connectivity index (χ3n) is 1.54. The Kier molecular flexibility index (Phi) is 6.38. The van der Waals surface area contributed by atoms with Crippen LogP contribution in [0.1, 0.15) is 12.8 Å². The van der Waals surface area contributed by atoms with Crippen LogP contribution in [0.4, 0.5) is 0 Å². The van der Waals surface area contributed by atoms with E-state index in [0.29, 0.717) is 6.54 Å². The van der Waals surface area contributed by atoms with E-state index in [1.165, 1.54) is 0 Å². The molecule has 0 saturated carbocycles. The van der Waals surface area contributed by atoms with Crippen molar-refractivity contribution in [3.63, 3.8) is 0 Å². The number of carbonyl (C=O) groups is 1. The number of likely N-dealkylation sites (N-methyl/N-ethyl adjacent to an activating group) is 1. The molecular formula is C9H18N2O. The first-order chi connectivity index (χ1) is 5.68. The van der Waals surface area contributed by atoms with Crippen LogP contribution in [0.15, 0.2) is 12.7 Å². The molecule has 3 heteroatoms. The van der Waals surface area contributed by atoms with Crippen molar-refractivity contribution in [3.05, 3.63) is 12.7 Å². The topological polar surface area (TPSA) is 32.3 Å². The van der Waals surface area contributed by atoms with Gasteiger partial charge in [0.1, 0.15) is 0 Å². The SMILES string of the molecule is C=CCCCNCC(=O)N(C)C. The van der Waals surface area contributed by atoms with Gasteiger partial charge in [0.05, 0.1) is 6.54 Å². The van der Waals surface area contributed by atoms with Crippen molar-refractivity contribution in [1.29, 1.82) is 0 Å². The molecule has 0 spiro atoms. The molecule has 0 bridgehead atoms. The van der Waals surface area contributed by atoms with Crippen molar-refractivity contribution in [2.45, 2.75) is 12.8 Å². The minimum absolute atomic E-state index is 0.119. The second kappa shape index (κ2) is 6.85. The number of rotatable bonds is 6. The van der Waals surface area contributed by atoms with Gasteiger partial charge in [0.25, 0.3) is 0 Å². The zero-order valence-electron chi connectivity index (χ0n) is 7.97. The molecule has 1 amide bonds. The highest BCUT2D eigenvalue weighted by Gasteiger charge is 2.00. The lowest BCUT2D eigenvalue weighted by Gasteiger charge is -2.10. The van der Waals surface area contributed by atoms with E-state index in [1.807, 2.05) is 6.08 Å². The number of unbranched alkanes of at least 4 members (excludes halogenated alkanes) is 1. The molecule has 0 heterocycles. The second-order valence-corrected chi connectivity index (χ2v) is 2.90. The third kappa shape index (κ3) is 5.92. The molecule has 0 aromatic carbocycles. The van der Waals surface area contributed by atoms with Crippen molar-refractivity contribution in [1.82, 2.24) is 10.2 Å². The predicted molar refractivity (Wildman–Crippen MR) is 51.0 cm³/mol. The fourth-order valence-electron chi connectivity index (χ4n) is 0.725. The van der Waals surface area contributed by atoms with Gasteiger partial charge in [-0.25, -0.2) is 0 Å². The monoisotopic (exact) mass is 170 g/mol. The fraction of sp³-hybridized carbons (Fsp3) is 0.667. The third-order valence-corrected chi connectivity index (χ3v) is 1.54. The quantitative estimate of drug-likeness (QED) is 0.468. The minimum atomic E-state index is 0.119. The maximum Gasteiger partial charge on any atom is 0.236 e. The van der Waals surface area contributed by atoms with Gasteiger partial charge in [0, 0.05) is 14.1 Å². The molecule has 0 saturated heterocycles. The first-order valence-electron chi connectivity index (χ1n) is 4.20. The molecule has 0 aromatic rings. The van der Waals surface area contributed by atoms with E-state index in [4.69, 9.17) is 0 Å². The van der Waals surface area contributed by atoms with E-state index in [9.17, 15) is 4.79 Å². The van der Waals surface area contributed by atoms with Crippen molar-refractivity contribution in [3.8, 4) is 0 Å². The molecule has 0 fully saturated rings. The predicted octanol–water partition coefficient (Wildman–Crippen LogP) is 0.630. The molecule has 12 heavy (non-hydrogen) atoms. The Labute approximate surface area is 74.4 Å². The number of carbonyl (C=O) groups excluding carboxylic acids is 1. The summed E-state index contributed by atoms with van der Waals surface area (Å²) in [5, 5.41) is 3.06. The molecule has 0 radical (unpaired) electrons. The summed E-state index contributed by atoms with van der Waals surface area (Å²) in [6, 6.07) is 0. The summed E-state index contributed by atoms with van der Waals surface area (Å²) >= 11 is 0. The van der Waals surface area contributed by atoms with Gasteiger partial charge >= 0.3 is 0 Å². The molecule has 70 valence electrons. The molecule has 0 rings (SSSR count). The van der Waals surface area contributed by atoms with Gasteiger partial charge in [-0.15, -0.1) is 6.58 Å². The van der Waals surface area contributed by atoms with Crippen LogP contribution < -0.4 is 5.32 Å². The smallest absolute Gasteiger partial charge is 0.236 e. The number of amides is 1. The summed E-state index contributed by atoms with van der Waals surface area (Å²) in [6.45, 7) is 4.93. The zero-order chi connectivity index (χ0) is 9.40. The Hall–Kier alpha value is -0.830. The summed E-state index contributed by atoms with van der Waals surface area (Å²) in [6.07, 6.45) is 3.93. The maximum absolute atomic E-state index is 11.0. The van der Waals surface area contributed by atoms with Gasteiger partial charge in [-0.3, -0.25) is 4.79 Å². The molecular weight excluding hydrogens is 152 g/mol. The average Bonchev–Trinajstić information content (AvgIpc) is 2.03. The summed E-state index contributed by atoms with van der Waals surface area (Å²) in [5.41, 5.74) is 0. The van der Waals surface area contributed by atoms with Crippen LogP contribution in [0.25, 0.3) is 0 Å². The second-order valence-electron chi connectivity index (χ2n) is 2.90. The molecule has 0 aliphatic rings. The molecule has 0 atom stereocenters. The highest BCUT2D eigenvalue weighted by molar-refractivity contribution is 5.77. The molecule has 1 N–H and O–H groups in total. The number of nitrogens with one attached hydrogen (secondary N) is 1. The van der Waals surface area contributed by atoms with Crippen molar-refractivity contribution in [2.75, 3.05) is 27.2 Å². The van der Waals surface area contributed by atoms with Gasteiger partial charge in [-0.05, 0) is 19.4 Å². The van der Waals surface area contributed by atoms with Gasteiger partial charge < -0.3 is 10.2 Å². The zero-order valence-corrected chi connectivity index (χ0v) is 7.97.